The molecule has 16 atom stereocenters. The van der Waals surface area contributed by atoms with Gasteiger partial charge in [0.2, 0.25) is 0 Å². The number of esters is 10. The number of carboxylic acid groups (broad SMARTS) is 4. The van der Waals surface area contributed by atoms with Gasteiger partial charge in [0.15, 0.2) is 27.2 Å². The van der Waals surface area contributed by atoms with Crippen molar-refractivity contribution in [2.24, 2.45) is 93.7 Å². The van der Waals surface area contributed by atoms with Crippen molar-refractivity contribution < 1.29 is 178 Å². The summed E-state index contributed by atoms with van der Waals surface area (Å²) >= 11 is 4.96. The first-order valence-corrected chi connectivity index (χ1v) is 46.3. The molecule has 0 spiro atoms. The Bertz CT molecular complexity index is 3150. The van der Waals surface area contributed by atoms with Crippen molar-refractivity contribution in [1.29, 1.82) is 0 Å². The summed E-state index contributed by atoms with van der Waals surface area (Å²) in [5.41, 5.74) is -3.18. The average molecular weight is 1870 g/mol. The maximum absolute atomic E-state index is 14.0. The first-order valence-electron chi connectivity index (χ1n) is 45.7. The van der Waals surface area contributed by atoms with Gasteiger partial charge in [0.25, 0.3) is 0 Å². The smallest absolute Gasteiger partial charge is 0.311 e. The van der Waals surface area contributed by atoms with E-state index in [0.29, 0.717) is 167 Å². The van der Waals surface area contributed by atoms with Gasteiger partial charge in [-0.25, -0.2) is 0 Å². The zero-order valence-electron chi connectivity index (χ0n) is 76.7. The van der Waals surface area contributed by atoms with Crippen LogP contribution in [0.15, 0.2) is 0 Å². The molecule has 8 aliphatic rings. The van der Waals surface area contributed by atoms with Crippen LogP contribution in [-0.4, -0.2) is 276 Å². The lowest BCUT2D eigenvalue weighted by atomic mass is 9.79. The molecule has 4 N–H and O–H groups in total. The quantitative estimate of drug-likeness (QED) is 0.0145. The molecule has 8 fully saturated rings. The third-order valence-electron chi connectivity index (χ3n) is 25.6. The van der Waals surface area contributed by atoms with Gasteiger partial charge in [-0.15, -0.1) is 0 Å². The van der Waals surface area contributed by atoms with Crippen LogP contribution in [0, 0.1) is 93.7 Å². The van der Waals surface area contributed by atoms with Crippen LogP contribution in [0.25, 0.3) is 0 Å². The van der Waals surface area contributed by atoms with Gasteiger partial charge < -0.3 is 115 Å². The Morgan fingerprint density at radius 2 is 0.481 bits per heavy atom. The summed E-state index contributed by atoms with van der Waals surface area (Å²) in [6, 6.07) is 0.292. The summed E-state index contributed by atoms with van der Waals surface area (Å²) in [4.78, 5) is 184. The number of hydrogen-bond donors (Lipinski definition) is 4. The number of methoxy groups -OCH3 is 5. The molecular formula is C90H144ClNO37. The molecule has 0 saturated heterocycles. The number of nitrogens with zero attached hydrogens (tertiary/aromatic N) is 1. The monoisotopic (exact) mass is 1870 g/mol. The number of rotatable bonds is 48. The molecule has 8 aliphatic carbocycles. The zero-order valence-corrected chi connectivity index (χ0v) is 77.4. The molecule has 129 heavy (non-hydrogen) atoms. The van der Waals surface area contributed by atoms with Crippen LogP contribution >= 0.6 is 11.6 Å². The first kappa shape index (κ1) is 112. The lowest BCUT2D eigenvalue weighted by molar-refractivity contribution is -0.189. The number of carbonyl (C=O) groups is 14. The highest BCUT2D eigenvalue weighted by Crippen LogP contribution is 2.41. The van der Waals surface area contributed by atoms with Gasteiger partial charge in [0, 0.05) is 35.5 Å². The van der Waals surface area contributed by atoms with E-state index in [1.54, 1.807) is 7.11 Å². The molecule has 8 saturated carbocycles. The lowest BCUT2D eigenvalue weighted by Gasteiger charge is -2.36. The molecule has 0 heterocycles. The Labute approximate surface area is 761 Å². The van der Waals surface area contributed by atoms with Crippen LogP contribution in [0.2, 0.25) is 0 Å². The van der Waals surface area contributed by atoms with Crippen molar-refractivity contribution in [3.63, 3.8) is 0 Å². The number of carboxylic acids is 4. The number of halogens is 1. The highest BCUT2D eigenvalue weighted by atomic mass is 35.5. The third kappa shape index (κ3) is 38.5. The Kier molecular flexibility index (Phi) is 53.9. The molecule has 38 nitrogen and oxygen atoms in total. The molecule has 0 radical (unpaired) electrons. The highest BCUT2D eigenvalue weighted by Gasteiger charge is 2.49. The number of hydrogen-bond acceptors (Lipinski definition) is 34. The molecular weight excluding hydrogens is 1720 g/mol. The van der Waals surface area contributed by atoms with E-state index in [1.165, 1.54) is 48.1 Å². The topological polar surface area (TPSA) is 499 Å². The summed E-state index contributed by atoms with van der Waals surface area (Å²) in [5.74, 6) is -22.7. The summed E-state index contributed by atoms with van der Waals surface area (Å²) in [6.45, 7) is 4.55. The van der Waals surface area contributed by atoms with Crippen LogP contribution in [0.3, 0.4) is 0 Å². The summed E-state index contributed by atoms with van der Waals surface area (Å²) in [7, 11) is 7.10. The normalized spacial score (nSPS) is 26.6. The van der Waals surface area contributed by atoms with Crippen molar-refractivity contribution in [2.75, 3.05) is 155 Å². The standard InChI is InChI=1S/C45H70O20.C37H54O16.C6H15N.C2H5ClO/c1-53-25-62-38(46)30-12-11-13-31(20-30)61-29-57-21-45(22-58-39(47)32-14-5-8-17-35(32)42(50)63-26-54-2,23-59-40(48)33-15-6-9-18-36(33)43(51)64-27-55-3)24-60-41(49)34-16-7-10-19-37(34)44(52)65-28-56-4;38-30(39)22-8-7-9-23(16-22)53-21-49-17-37(18-50-34(46)27-13-4-1-10-24(27)31(40)41,19-51-35(47)28-14-5-2-11-25(28)32(42)43)20-52-36(48)29-15-6-3-12-26(29)33(44)45;1-4-7(5-2)6-3;1-4-2-3/h30-37H,5-29H2,1-4H3;22-29H,1-21H2,(H,38,39)(H,40,41)(H,42,43)(H,44,45);4-6H2,1-3H3;2H2,1H3. The predicted molar refractivity (Wildman–Crippen MR) is 452 cm³/mol. The second-order valence-corrected chi connectivity index (χ2v) is 34.9. The average Bonchev–Trinajstić information content (AvgIpc) is 0.817. The number of carbonyl (C=O) groups excluding carboxylic acids is 10. The van der Waals surface area contributed by atoms with Crippen molar-refractivity contribution in [3.8, 4) is 0 Å². The third-order valence-corrected chi connectivity index (χ3v) is 25.9. The van der Waals surface area contributed by atoms with E-state index in [0.717, 1.165) is 0 Å². The van der Waals surface area contributed by atoms with E-state index in [2.05, 4.69) is 30.4 Å². The predicted octanol–water partition coefficient (Wildman–Crippen LogP) is 10.2. The maximum atomic E-state index is 14.0. The van der Waals surface area contributed by atoms with Gasteiger partial charge in [-0.2, -0.15) is 0 Å². The van der Waals surface area contributed by atoms with Crippen molar-refractivity contribution in [2.45, 2.75) is 238 Å². The van der Waals surface area contributed by atoms with Gasteiger partial charge in [0.1, 0.15) is 59.3 Å². The van der Waals surface area contributed by atoms with E-state index in [1.807, 2.05) is 0 Å². The molecule has 0 aromatic rings. The minimum Gasteiger partial charge on any atom is -0.481 e. The summed E-state index contributed by atoms with van der Waals surface area (Å²) in [5, 5.41) is 38.8. The van der Waals surface area contributed by atoms with Crippen molar-refractivity contribution in [1.82, 2.24) is 4.90 Å². The number of alkyl halides is 1. The van der Waals surface area contributed by atoms with Gasteiger partial charge >= 0.3 is 83.6 Å². The largest absolute Gasteiger partial charge is 0.481 e. The molecule has 16 unspecified atom stereocenters. The Hall–Kier alpha value is -7.53. The van der Waals surface area contributed by atoms with Crippen LogP contribution in [0.4, 0.5) is 0 Å². The van der Waals surface area contributed by atoms with Gasteiger partial charge in [-0.1, -0.05) is 122 Å². The fourth-order valence-electron chi connectivity index (χ4n) is 18.1. The van der Waals surface area contributed by atoms with Gasteiger partial charge in [-0.3, -0.25) is 67.1 Å². The van der Waals surface area contributed by atoms with E-state index >= 15 is 0 Å². The Balaban J connectivity index is 0.000000415. The van der Waals surface area contributed by atoms with Crippen molar-refractivity contribution >= 4 is 95.2 Å². The van der Waals surface area contributed by atoms with Gasteiger partial charge in [-0.05, 0) is 135 Å². The fourth-order valence-corrected chi connectivity index (χ4v) is 18.1. The Morgan fingerprint density at radius 1 is 0.264 bits per heavy atom. The number of ether oxygens (including phenoxy) is 19. The molecule has 0 bridgehead atoms. The Morgan fingerprint density at radius 3 is 0.698 bits per heavy atom. The SMILES string of the molecule is CCN(CC)CC.COCCl.COCOC(=O)C1CCCC(OCOCC(COC(=O)C2CCCCC2C(=O)OCOC)(COC(=O)C2CCCCC2C(=O)OCOC)COC(=O)C2CCCCC2C(=O)OCOC)C1.O=C(O)C1CCCC(OCOCC(COC(=O)C2CCCCC2C(=O)O)(COC(=O)C2CCCCC2C(=O)O)COC(=O)C2CCCCC2C(=O)O)C1. The van der Waals surface area contributed by atoms with E-state index in [9.17, 15) is 87.5 Å². The van der Waals surface area contributed by atoms with Crippen LogP contribution in [0.5, 0.6) is 0 Å². The van der Waals surface area contributed by atoms with E-state index < -0.39 is 223 Å². The van der Waals surface area contributed by atoms with Crippen LogP contribution in [0.1, 0.15) is 226 Å². The van der Waals surface area contributed by atoms with E-state index in [4.69, 9.17) is 96.9 Å². The van der Waals surface area contributed by atoms with Crippen molar-refractivity contribution in [3.05, 3.63) is 0 Å². The van der Waals surface area contributed by atoms with Crippen LogP contribution in [-0.2, 0) is 157 Å². The lowest BCUT2D eigenvalue weighted by Crippen LogP contribution is -2.46. The molecule has 8 rings (SSSR count). The molecule has 0 aliphatic heterocycles. The molecule has 738 valence electrons. The minimum atomic E-state index is -1.60. The summed E-state index contributed by atoms with van der Waals surface area (Å²) in [6.07, 6.45) is 15.4. The van der Waals surface area contributed by atoms with E-state index in [-0.39, 0.29) is 105 Å². The second-order valence-electron chi connectivity index (χ2n) is 34.7. The first-order chi connectivity index (χ1) is 62.0. The van der Waals surface area contributed by atoms with Gasteiger partial charge in [0.05, 0.1) is 119 Å². The molecule has 39 heteroatoms. The zero-order chi connectivity index (χ0) is 94.7. The highest BCUT2D eigenvalue weighted by molar-refractivity contribution is 6.17. The maximum Gasteiger partial charge on any atom is 0.311 e. The minimum absolute atomic E-state index is 0.163. The fraction of sp³-hybridized carbons (Fsp3) is 0.844. The number of aliphatic carboxylic acids is 4. The second kappa shape index (κ2) is 62.0. The summed E-state index contributed by atoms with van der Waals surface area (Å²) < 4.78 is 104. The molecule has 0 aromatic carbocycles. The molecule has 0 aromatic heterocycles. The molecule has 0 amide bonds. The van der Waals surface area contributed by atoms with Crippen LogP contribution < -0.4 is 0 Å².